The maximum atomic E-state index is 13.1. The molecular formula is C35H43N6O10P. The van der Waals surface area contributed by atoms with Crippen molar-refractivity contribution < 1.29 is 48.0 Å². The molecule has 0 aliphatic carbocycles. The molecule has 1 saturated heterocycles. The lowest BCUT2D eigenvalue weighted by atomic mass is 9.69. The van der Waals surface area contributed by atoms with Gasteiger partial charge in [-0.25, -0.2) is 19.3 Å². The number of pyridine rings is 1. The number of imidazole rings is 1. The van der Waals surface area contributed by atoms with Crippen LogP contribution in [0.5, 0.6) is 11.5 Å². The minimum absolute atomic E-state index is 0.0311. The summed E-state index contributed by atoms with van der Waals surface area (Å²) in [6, 6.07) is 9.60. The number of aromatic hydroxyl groups is 1. The highest BCUT2D eigenvalue weighted by atomic mass is 31.2. The molecule has 0 saturated carbocycles. The van der Waals surface area contributed by atoms with Crippen molar-refractivity contribution in [3.63, 3.8) is 0 Å². The molecule has 0 unspecified atom stereocenters. The van der Waals surface area contributed by atoms with Crippen LogP contribution in [0.25, 0.3) is 21.9 Å². The molecule has 0 radical (unpaired) electrons. The standard InChI is InChI=1S/C35H43N6O10P/c1-6-7-8-26-38-31-32(40(26)19-20-17-22(10-12-25(20)42)51-52(47,48)49)23-18-21(9-11-24(23)37-33(31)36)34(2,3)35(4,5)39-27(43)13-16-30(46)50-41-28(44)14-15-29(41)45/h9-12,17-18,42H,6-8,13-16,19H2,1-5H3,(H2,36,37)(H,39,43)(H2,47,48,49). The molecule has 2 aromatic heterocycles. The Kier molecular flexibility index (Phi) is 10.7. The normalized spacial score (nSPS) is 14.0. The van der Waals surface area contributed by atoms with Crippen LogP contribution in [0.1, 0.15) is 90.1 Å². The molecule has 2 aromatic carbocycles. The zero-order valence-electron chi connectivity index (χ0n) is 29.6. The lowest BCUT2D eigenvalue weighted by molar-refractivity contribution is -0.197. The first-order valence-electron chi connectivity index (χ1n) is 16.8. The molecule has 0 bridgehead atoms. The zero-order chi connectivity index (χ0) is 38.2. The first-order chi connectivity index (χ1) is 24.3. The monoisotopic (exact) mass is 738 g/mol. The summed E-state index contributed by atoms with van der Waals surface area (Å²) in [6.07, 6.45) is 1.63. The van der Waals surface area contributed by atoms with Gasteiger partial charge in [0.15, 0.2) is 5.82 Å². The third kappa shape index (κ3) is 8.04. The fourth-order valence-corrected chi connectivity index (χ4v) is 6.43. The predicted molar refractivity (Wildman–Crippen MR) is 190 cm³/mol. The van der Waals surface area contributed by atoms with E-state index in [4.69, 9.17) is 20.1 Å². The Hall–Kier alpha value is -5.05. The number of nitrogen functional groups attached to an aromatic ring is 1. The number of imide groups is 1. The second-order valence-electron chi connectivity index (χ2n) is 13.9. The maximum Gasteiger partial charge on any atom is 0.524 e. The Balaban J connectivity index is 1.48. The first-order valence-corrected chi connectivity index (χ1v) is 18.4. The molecule has 4 aromatic rings. The largest absolute Gasteiger partial charge is 0.524 e. The van der Waals surface area contributed by atoms with Crippen molar-refractivity contribution in [2.75, 3.05) is 5.73 Å². The Morgan fingerprint density at radius 2 is 1.71 bits per heavy atom. The number of aryl methyl sites for hydroxylation is 1. The van der Waals surface area contributed by atoms with Crippen LogP contribution in [0.15, 0.2) is 36.4 Å². The van der Waals surface area contributed by atoms with Crippen LogP contribution in [0, 0.1) is 0 Å². The molecule has 278 valence electrons. The van der Waals surface area contributed by atoms with Crippen molar-refractivity contribution in [1.29, 1.82) is 0 Å². The summed E-state index contributed by atoms with van der Waals surface area (Å²) in [6.45, 7) is 9.75. The van der Waals surface area contributed by atoms with Crippen molar-refractivity contribution in [3.8, 4) is 11.5 Å². The van der Waals surface area contributed by atoms with E-state index in [1.54, 1.807) is 0 Å². The minimum Gasteiger partial charge on any atom is -0.508 e. The molecule has 0 atom stereocenters. The number of phenolic OH excluding ortho intramolecular Hbond substituents is 1. The second kappa shape index (κ2) is 14.5. The average molecular weight is 739 g/mol. The number of rotatable bonds is 14. The summed E-state index contributed by atoms with van der Waals surface area (Å²) >= 11 is 0. The average Bonchev–Trinajstić information content (AvgIpc) is 3.58. The van der Waals surface area contributed by atoms with Gasteiger partial charge >= 0.3 is 13.8 Å². The van der Waals surface area contributed by atoms with Crippen molar-refractivity contribution >= 4 is 59.3 Å². The van der Waals surface area contributed by atoms with E-state index in [9.17, 15) is 38.6 Å². The van der Waals surface area contributed by atoms with Crippen LogP contribution in [-0.2, 0) is 47.0 Å². The predicted octanol–water partition coefficient (Wildman–Crippen LogP) is 4.29. The summed E-state index contributed by atoms with van der Waals surface area (Å²) < 4.78 is 18.2. The maximum absolute atomic E-state index is 13.1. The number of fused-ring (bicyclic) bond motifs is 3. The van der Waals surface area contributed by atoms with Gasteiger partial charge in [-0.15, -0.1) is 5.06 Å². The summed E-state index contributed by atoms with van der Waals surface area (Å²) in [5.74, 6) is -1.85. The van der Waals surface area contributed by atoms with Crippen LogP contribution in [0.4, 0.5) is 5.82 Å². The van der Waals surface area contributed by atoms with E-state index in [1.165, 1.54) is 18.2 Å². The third-order valence-electron chi connectivity index (χ3n) is 9.63. The molecule has 1 fully saturated rings. The number of benzene rings is 2. The molecule has 17 heteroatoms. The molecule has 3 heterocycles. The summed E-state index contributed by atoms with van der Waals surface area (Å²) in [7, 11) is -4.85. The molecule has 5 rings (SSSR count). The van der Waals surface area contributed by atoms with E-state index in [-0.39, 0.29) is 49.5 Å². The number of aromatic nitrogens is 3. The second-order valence-corrected chi connectivity index (χ2v) is 15.0. The van der Waals surface area contributed by atoms with Crippen molar-refractivity contribution in [2.45, 2.75) is 97.1 Å². The fourth-order valence-electron chi connectivity index (χ4n) is 6.04. The topological polar surface area (TPSA) is 236 Å². The van der Waals surface area contributed by atoms with E-state index >= 15 is 0 Å². The van der Waals surface area contributed by atoms with Gasteiger partial charge < -0.3 is 30.1 Å². The van der Waals surface area contributed by atoms with Crippen LogP contribution in [-0.4, -0.2) is 63.7 Å². The van der Waals surface area contributed by atoms with Crippen LogP contribution in [0.3, 0.4) is 0 Å². The highest BCUT2D eigenvalue weighted by molar-refractivity contribution is 7.46. The third-order valence-corrected chi connectivity index (χ3v) is 10.1. The molecule has 0 spiro atoms. The van der Waals surface area contributed by atoms with E-state index in [0.29, 0.717) is 44.8 Å². The van der Waals surface area contributed by atoms with Crippen molar-refractivity contribution in [3.05, 3.63) is 53.3 Å². The number of unbranched alkanes of at least 4 members (excludes halogenated alkanes) is 1. The molecule has 16 nitrogen and oxygen atoms in total. The Labute approximate surface area is 299 Å². The molecule has 52 heavy (non-hydrogen) atoms. The Morgan fingerprint density at radius 3 is 2.37 bits per heavy atom. The number of phosphoric acid groups is 1. The highest BCUT2D eigenvalue weighted by Gasteiger charge is 2.40. The van der Waals surface area contributed by atoms with Crippen LogP contribution < -0.4 is 15.6 Å². The number of nitrogens with one attached hydrogen (secondary N) is 1. The molecule has 6 N–H and O–H groups in total. The number of nitrogens with two attached hydrogens (primary N) is 1. The van der Waals surface area contributed by atoms with Gasteiger partial charge in [0.25, 0.3) is 11.8 Å². The zero-order valence-corrected chi connectivity index (χ0v) is 30.5. The van der Waals surface area contributed by atoms with Crippen molar-refractivity contribution in [1.82, 2.24) is 24.9 Å². The SMILES string of the molecule is CCCCc1nc2c(N)nc3ccc(C(C)(C)C(C)(C)NC(=O)CCC(=O)ON4C(=O)CCC4=O)cc3c2n1Cc1cc(OP(=O)(O)O)ccc1O. The van der Waals surface area contributed by atoms with E-state index < -0.39 is 42.5 Å². The fraction of sp³-hybridized carbons (Fsp3) is 0.429. The minimum atomic E-state index is -4.85. The van der Waals surface area contributed by atoms with Gasteiger partial charge in [0.05, 0.1) is 24.0 Å². The summed E-state index contributed by atoms with van der Waals surface area (Å²) in [4.78, 5) is 82.0. The summed E-state index contributed by atoms with van der Waals surface area (Å²) in [5.41, 5.74) is 7.67. The number of hydrogen-bond donors (Lipinski definition) is 5. The number of anilines is 1. The Morgan fingerprint density at radius 1 is 1.02 bits per heavy atom. The lowest BCUT2D eigenvalue weighted by Gasteiger charge is -2.43. The van der Waals surface area contributed by atoms with E-state index in [1.807, 2.05) is 57.4 Å². The number of carbonyl (C=O) groups excluding carboxylic acids is 4. The van der Waals surface area contributed by atoms with Gasteiger partial charge in [-0.3, -0.25) is 24.2 Å². The van der Waals surface area contributed by atoms with Gasteiger partial charge in [-0.05, 0) is 56.2 Å². The number of carbonyl (C=O) groups is 4. The van der Waals surface area contributed by atoms with E-state index in [2.05, 4.69) is 10.3 Å². The number of phosphoric ester groups is 1. The van der Waals surface area contributed by atoms with Crippen molar-refractivity contribution in [2.24, 2.45) is 0 Å². The molecule has 1 aliphatic rings. The molecular weight excluding hydrogens is 695 g/mol. The highest BCUT2D eigenvalue weighted by Crippen LogP contribution is 2.41. The first kappa shape index (κ1) is 38.2. The van der Waals surface area contributed by atoms with Gasteiger partial charge in [0.2, 0.25) is 5.91 Å². The lowest BCUT2D eigenvalue weighted by Crippen LogP contribution is -2.56. The Bertz CT molecular complexity index is 2110. The number of phenols is 1. The molecule has 1 aliphatic heterocycles. The van der Waals surface area contributed by atoms with Gasteiger partial charge in [-0.1, -0.05) is 33.3 Å². The van der Waals surface area contributed by atoms with Gasteiger partial charge in [0.1, 0.15) is 22.8 Å². The van der Waals surface area contributed by atoms with Gasteiger partial charge in [0, 0.05) is 47.6 Å². The number of hydroxylamine groups is 2. The van der Waals surface area contributed by atoms with Crippen LogP contribution >= 0.6 is 7.82 Å². The van der Waals surface area contributed by atoms with E-state index in [0.717, 1.165) is 18.4 Å². The van der Waals surface area contributed by atoms with Gasteiger partial charge in [-0.2, -0.15) is 0 Å². The van der Waals surface area contributed by atoms with Crippen LogP contribution in [0.2, 0.25) is 0 Å². The number of amides is 3. The number of nitrogens with zero attached hydrogens (tertiary/aromatic N) is 4. The number of hydrogen-bond acceptors (Lipinski definition) is 11. The quantitative estimate of drug-likeness (QED) is 0.0898. The molecule has 3 amide bonds. The summed E-state index contributed by atoms with van der Waals surface area (Å²) in [5, 5.41) is 15.0. The smallest absolute Gasteiger partial charge is 0.508 e.